The van der Waals surface area contributed by atoms with Gasteiger partial charge in [0.1, 0.15) is 5.75 Å². The molecule has 0 spiro atoms. The maximum atomic E-state index is 5.57. The van der Waals surface area contributed by atoms with Gasteiger partial charge in [0.25, 0.3) is 0 Å². The second-order valence-electron chi connectivity index (χ2n) is 5.21. The summed E-state index contributed by atoms with van der Waals surface area (Å²) in [7, 11) is 0. The average molecular weight is 307 g/mol. The van der Waals surface area contributed by atoms with E-state index in [4.69, 9.17) is 17.0 Å². The fourth-order valence-corrected chi connectivity index (χ4v) is 2.74. The van der Waals surface area contributed by atoms with Crippen LogP contribution < -0.4 is 15.4 Å². The van der Waals surface area contributed by atoms with Crippen molar-refractivity contribution in [2.45, 2.75) is 26.2 Å². The van der Waals surface area contributed by atoms with Crippen LogP contribution in [0, 0.1) is 0 Å². The molecule has 116 valence electrons. The molecule has 2 rings (SSSR count). The molecule has 1 aliphatic heterocycles. The van der Waals surface area contributed by atoms with E-state index in [1.165, 1.54) is 25.9 Å². The molecule has 0 saturated carbocycles. The zero-order valence-corrected chi connectivity index (χ0v) is 13.5. The molecule has 0 amide bonds. The van der Waals surface area contributed by atoms with Crippen molar-refractivity contribution in [2.24, 2.45) is 0 Å². The van der Waals surface area contributed by atoms with E-state index in [1.54, 1.807) is 0 Å². The van der Waals surface area contributed by atoms with Crippen LogP contribution in [0.25, 0.3) is 0 Å². The number of para-hydroxylation sites is 2. The molecule has 1 fully saturated rings. The van der Waals surface area contributed by atoms with Crippen molar-refractivity contribution in [3.8, 4) is 5.75 Å². The average Bonchev–Trinajstić information content (AvgIpc) is 2.99. The van der Waals surface area contributed by atoms with E-state index in [-0.39, 0.29) is 0 Å². The third kappa shape index (κ3) is 5.52. The summed E-state index contributed by atoms with van der Waals surface area (Å²) in [6.45, 7) is 7.19. The van der Waals surface area contributed by atoms with Crippen molar-refractivity contribution in [3.05, 3.63) is 24.3 Å². The molecule has 1 aliphatic rings. The molecule has 0 aliphatic carbocycles. The number of thiocarbonyl (C=S) groups is 1. The van der Waals surface area contributed by atoms with Gasteiger partial charge in [-0.05, 0) is 70.2 Å². The normalized spacial score (nSPS) is 14.9. The lowest BCUT2D eigenvalue weighted by atomic mass is 10.3. The number of hydrogen-bond donors (Lipinski definition) is 2. The molecule has 0 atom stereocenters. The first-order chi connectivity index (χ1) is 10.3. The molecule has 21 heavy (non-hydrogen) atoms. The summed E-state index contributed by atoms with van der Waals surface area (Å²) in [5.74, 6) is 0.834. The van der Waals surface area contributed by atoms with Gasteiger partial charge in [0, 0.05) is 6.54 Å². The van der Waals surface area contributed by atoms with E-state index in [2.05, 4.69) is 15.5 Å². The summed E-state index contributed by atoms with van der Waals surface area (Å²) in [5.41, 5.74) is 0.913. The molecule has 4 nitrogen and oxygen atoms in total. The van der Waals surface area contributed by atoms with E-state index in [0.717, 1.165) is 30.9 Å². The highest BCUT2D eigenvalue weighted by Crippen LogP contribution is 2.23. The summed E-state index contributed by atoms with van der Waals surface area (Å²) >= 11 is 5.34. The molecule has 1 aromatic rings. The fourth-order valence-electron chi connectivity index (χ4n) is 2.53. The van der Waals surface area contributed by atoms with Crippen LogP contribution >= 0.6 is 12.2 Å². The summed E-state index contributed by atoms with van der Waals surface area (Å²) in [6, 6.07) is 7.86. The Hall–Kier alpha value is -1.33. The third-order valence-electron chi connectivity index (χ3n) is 3.57. The Labute approximate surface area is 132 Å². The monoisotopic (exact) mass is 307 g/mol. The van der Waals surface area contributed by atoms with Crippen molar-refractivity contribution in [1.82, 2.24) is 10.2 Å². The van der Waals surface area contributed by atoms with Crippen molar-refractivity contribution in [2.75, 3.05) is 38.1 Å². The molecule has 0 radical (unpaired) electrons. The van der Waals surface area contributed by atoms with Crippen molar-refractivity contribution < 1.29 is 4.74 Å². The highest BCUT2D eigenvalue weighted by molar-refractivity contribution is 7.80. The topological polar surface area (TPSA) is 36.5 Å². The van der Waals surface area contributed by atoms with Crippen LogP contribution in [0.15, 0.2) is 24.3 Å². The lowest BCUT2D eigenvalue weighted by Gasteiger charge is -2.16. The van der Waals surface area contributed by atoms with Gasteiger partial charge < -0.3 is 20.3 Å². The van der Waals surface area contributed by atoms with E-state index in [0.29, 0.717) is 11.7 Å². The third-order valence-corrected chi connectivity index (χ3v) is 3.82. The molecular weight excluding hydrogens is 282 g/mol. The second kappa shape index (κ2) is 8.85. The minimum absolute atomic E-state index is 0.648. The van der Waals surface area contributed by atoms with E-state index in [9.17, 15) is 0 Å². The number of benzene rings is 1. The minimum atomic E-state index is 0.648. The summed E-state index contributed by atoms with van der Waals surface area (Å²) in [5, 5.41) is 7.12. The first kappa shape index (κ1) is 16.0. The summed E-state index contributed by atoms with van der Waals surface area (Å²) in [4.78, 5) is 2.52. The largest absolute Gasteiger partial charge is 0.492 e. The van der Waals surface area contributed by atoms with E-state index < -0.39 is 0 Å². The van der Waals surface area contributed by atoms with Gasteiger partial charge in [-0.15, -0.1) is 0 Å². The Bertz CT molecular complexity index is 447. The number of hydrogen-bond acceptors (Lipinski definition) is 3. The summed E-state index contributed by atoms with van der Waals surface area (Å²) in [6.07, 6.45) is 3.82. The number of anilines is 1. The van der Waals surface area contributed by atoms with Gasteiger partial charge in [-0.3, -0.25) is 0 Å². The first-order valence-corrected chi connectivity index (χ1v) is 8.19. The number of nitrogens with zero attached hydrogens (tertiary/aromatic N) is 1. The SMILES string of the molecule is CCOc1ccccc1NC(=S)NCCCN1CCCC1. The van der Waals surface area contributed by atoms with Gasteiger partial charge in [0.2, 0.25) is 0 Å². The highest BCUT2D eigenvalue weighted by Gasteiger charge is 2.10. The van der Waals surface area contributed by atoms with Gasteiger partial charge in [0.15, 0.2) is 5.11 Å². The van der Waals surface area contributed by atoms with Gasteiger partial charge in [-0.25, -0.2) is 0 Å². The first-order valence-electron chi connectivity index (χ1n) is 7.78. The quantitative estimate of drug-likeness (QED) is 0.598. The molecular formula is C16H25N3OS. The van der Waals surface area contributed by atoms with Gasteiger partial charge in [0.05, 0.1) is 12.3 Å². The minimum Gasteiger partial charge on any atom is -0.492 e. The number of ether oxygens (including phenoxy) is 1. The predicted octanol–water partition coefficient (Wildman–Crippen LogP) is 2.86. The van der Waals surface area contributed by atoms with E-state index >= 15 is 0 Å². The molecule has 0 aromatic heterocycles. The predicted molar refractivity (Wildman–Crippen MR) is 92.1 cm³/mol. The number of likely N-dealkylation sites (tertiary alicyclic amines) is 1. The van der Waals surface area contributed by atoms with Gasteiger partial charge in [-0.1, -0.05) is 12.1 Å². The van der Waals surface area contributed by atoms with E-state index in [1.807, 2.05) is 31.2 Å². The Kier molecular flexibility index (Phi) is 6.76. The molecule has 1 heterocycles. The zero-order valence-electron chi connectivity index (χ0n) is 12.7. The van der Waals surface area contributed by atoms with Crippen LogP contribution in [0.2, 0.25) is 0 Å². The van der Waals surface area contributed by atoms with Crippen LogP contribution in [-0.4, -0.2) is 42.8 Å². The lowest BCUT2D eigenvalue weighted by molar-refractivity contribution is 0.334. The van der Waals surface area contributed by atoms with Crippen LogP contribution in [-0.2, 0) is 0 Å². The van der Waals surface area contributed by atoms with Crippen molar-refractivity contribution >= 4 is 23.0 Å². The number of rotatable bonds is 7. The van der Waals surface area contributed by atoms with Gasteiger partial charge >= 0.3 is 0 Å². The maximum Gasteiger partial charge on any atom is 0.170 e. The number of nitrogens with one attached hydrogen (secondary N) is 2. The smallest absolute Gasteiger partial charge is 0.170 e. The Morgan fingerprint density at radius 1 is 1.29 bits per heavy atom. The maximum absolute atomic E-state index is 5.57. The van der Waals surface area contributed by atoms with Crippen LogP contribution in [0.4, 0.5) is 5.69 Å². The zero-order chi connectivity index (χ0) is 14.9. The van der Waals surface area contributed by atoms with Crippen molar-refractivity contribution in [3.63, 3.8) is 0 Å². The highest BCUT2D eigenvalue weighted by atomic mass is 32.1. The lowest BCUT2D eigenvalue weighted by Crippen LogP contribution is -2.31. The van der Waals surface area contributed by atoms with Crippen molar-refractivity contribution in [1.29, 1.82) is 0 Å². The standard InChI is InChI=1S/C16H25N3OS/c1-2-20-15-9-4-3-8-14(15)18-16(21)17-10-7-13-19-11-5-6-12-19/h3-4,8-9H,2,5-7,10-13H2,1H3,(H2,17,18,21). The Morgan fingerprint density at radius 2 is 2.05 bits per heavy atom. The molecule has 5 heteroatoms. The molecule has 0 bridgehead atoms. The second-order valence-corrected chi connectivity index (χ2v) is 5.62. The molecule has 1 aromatic carbocycles. The van der Waals surface area contributed by atoms with Gasteiger partial charge in [-0.2, -0.15) is 0 Å². The molecule has 1 saturated heterocycles. The molecule has 0 unspecified atom stereocenters. The van der Waals surface area contributed by atoms with Crippen LogP contribution in [0.1, 0.15) is 26.2 Å². The Morgan fingerprint density at radius 3 is 2.81 bits per heavy atom. The molecule has 2 N–H and O–H groups in total. The van der Waals surface area contributed by atoms with Crippen LogP contribution in [0.3, 0.4) is 0 Å². The van der Waals surface area contributed by atoms with Crippen LogP contribution in [0.5, 0.6) is 5.75 Å². The Balaban J connectivity index is 1.69. The summed E-state index contributed by atoms with van der Waals surface area (Å²) < 4.78 is 5.57. The fraction of sp³-hybridized carbons (Fsp3) is 0.562.